The summed E-state index contributed by atoms with van der Waals surface area (Å²) in [5.74, 6) is -0.474. The molecule has 1 N–H and O–H groups in total. The van der Waals surface area contributed by atoms with Gasteiger partial charge in [0, 0.05) is 11.8 Å². The van der Waals surface area contributed by atoms with Crippen LogP contribution in [0.2, 0.25) is 5.02 Å². The second-order valence-electron chi connectivity index (χ2n) is 3.87. The zero-order valence-electron chi connectivity index (χ0n) is 10.4. The molecule has 0 bridgehead atoms. The van der Waals surface area contributed by atoms with Crippen molar-refractivity contribution in [3.63, 3.8) is 0 Å². The van der Waals surface area contributed by atoms with Gasteiger partial charge in [0.15, 0.2) is 11.6 Å². The predicted molar refractivity (Wildman–Crippen MR) is 74.3 cm³/mol. The third kappa shape index (κ3) is 2.80. The van der Waals surface area contributed by atoms with Gasteiger partial charge in [-0.15, -0.1) is 0 Å². The third-order valence-corrected chi connectivity index (χ3v) is 2.91. The summed E-state index contributed by atoms with van der Waals surface area (Å²) in [6.07, 6.45) is 0. The smallest absolute Gasteiger partial charge is 0.311 e. The average molecular weight is 297 g/mol. The van der Waals surface area contributed by atoms with Crippen molar-refractivity contribution in [3.8, 4) is 5.75 Å². The highest BCUT2D eigenvalue weighted by atomic mass is 35.5. The van der Waals surface area contributed by atoms with Gasteiger partial charge in [0.25, 0.3) is 0 Å². The van der Waals surface area contributed by atoms with Crippen LogP contribution in [0.3, 0.4) is 0 Å². The molecule has 2 aromatic rings. The summed E-state index contributed by atoms with van der Waals surface area (Å²) in [6, 6.07) is 8.63. The Hall–Kier alpha value is -2.34. The first-order valence-corrected chi connectivity index (χ1v) is 5.94. The van der Waals surface area contributed by atoms with E-state index in [-0.39, 0.29) is 22.1 Å². The average Bonchev–Trinajstić information content (AvgIpc) is 2.38. The molecule has 0 aliphatic heterocycles. The molecule has 0 heterocycles. The molecule has 0 saturated heterocycles. The van der Waals surface area contributed by atoms with Crippen LogP contribution in [0.5, 0.6) is 5.75 Å². The summed E-state index contributed by atoms with van der Waals surface area (Å²) < 4.78 is 18.4. The number of halogens is 2. The number of hydrogen-bond donors (Lipinski definition) is 1. The van der Waals surface area contributed by atoms with Crippen LogP contribution in [0, 0.1) is 15.9 Å². The zero-order valence-corrected chi connectivity index (χ0v) is 11.1. The summed E-state index contributed by atoms with van der Waals surface area (Å²) in [5, 5.41) is 13.8. The van der Waals surface area contributed by atoms with Crippen molar-refractivity contribution in [1.82, 2.24) is 0 Å². The fourth-order valence-electron chi connectivity index (χ4n) is 1.70. The summed E-state index contributed by atoms with van der Waals surface area (Å²) in [6.45, 7) is 0. The lowest BCUT2D eigenvalue weighted by atomic mass is 10.2. The van der Waals surface area contributed by atoms with Crippen LogP contribution in [-0.4, -0.2) is 12.0 Å². The van der Waals surface area contributed by atoms with Gasteiger partial charge in [-0.1, -0.05) is 17.7 Å². The molecule has 0 fully saturated rings. The highest BCUT2D eigenvalue weighted by Crippen LogP contribution is 2.34. The lowest BCUT2D eigenvalue weighted by molar-refractivity contribution is -0.383. The number of nitro groups is 1. The maximum Gasteiger partial charge on any atom is 0.311 e. The lowest BCUT2D eigenvalue weighted by Gasteiger charge is -2.09. The van der Waals surface area contributed by atoms with Crippen LogP contribution in [0.25, 0.3) is 0 Å². The SMILES string of the molecule is COc1ccc(Nc2cccc(Cl)c2[N+](=O)[O-])cc1F. The van der Waals surface area contributed by atoms with E-state index in [1.54, 1.807) is 12.1 Å². The highest BCUT2D eigenvalue weighted by Gasteiger charge is 2.18. The Labute approximate surface area is 119 Å². The Morgan fingerprint density at radius 2 is 2.10 bits per heavy atom. The minimum absolute atomic E-state index is 0.00832. The maximum absolute atomic E-state index is 13.6. The maximum atomic E-state index is 13.6. The van der Waals surface area contributed by atoms with Crippen LogP contribution in [-0.2, 0) is 0 Å². The van der Waals surface area contributed by atoms with Crippen molar-refractivity contribution in [1.29, 1.82) is 0 Å². The molecular formula is C13H10ClFN2O3. The van der Waals surface area contributed by atoms with Crippen molar-refractivity contribution < 1.29 is 14.1 Å². The van der Waals surface area contributed by atoms with E-state index in [0.717, 1.165) is 0 Å². The van der Waals surface area contributed by atoms with Crippen molar-refractivity contribution in [3.05, 3.63) is 57.4 Å². The second kappa shape index (κ2) is 5.75. The molecule has 0 spiro atoms. The molecule has 20 heavy (non-hydrogen) atoms. The van der Waals surface area contributed by atoms with Gasteiger partial charge in [0.2, 0.25) is 0 Å². The first kappa shape index (κ1) is 14.1. The van der Waals surface area contributed by atoms with Gasteiger partial charge in [0.1, 0.15) is 10.7 Å². The number of nitrogens with zero attached hydrogens (tertiary/aromatic N) is 1. The van der Waals surface area contributed by atoms with Crippen LogP contribution in [0.1, 0.15) is 0 Å². The van der Waals surface area contributed by atoms with Gasteiger partial charge >= 0.3 is 5.69 Å². The molecule has 2 aromatic carbocycles. The summed E-state index contributed by atoms with van der Waals surface area (Å²) in [5.41, 5.74) is 0.283. The second-order valence-corrected chi connectivity index (χ2v) is 4.27. The third-order valence-electron chi connectivity index (χ3n) is 2.60. The molecule has 0 aliphatic carbocycles. The number of anilines is 2. The van der Waals surface area contributed by atoms with Crippen molar-refractivity contribution >= 4 is 28.7 Å². The number of rotatable bonds is 4. The summed E-state index contributed by atoms with van der Waals surface area (Å²) in [4.78, 5) is 10.4. The van der Waals surface area contributed by atoms with E-state index in [1.807, 2.05) is 0 Å². The summed E-state index contributed by atoms with van der Waals surface area (Å²) in [7, 11) is 1.35. The first-order valence-electron chi connectivity index (χ1n) is 5.56. The van der Waals surface area contributed by atoms with E-state index in [4.69, 9.17) is 16.3 Å². The van der Waals surface area contributed by atoms with Crippen LogP contribution < -0.4 is 10.1 Å². The monoisotopic (exact) mass is 296 g/mol. The molecule has 0 aromatic heterocycles. The Morgan fingerprint density at radius 1 is 1.35 bits per heavy atom. The fraction of sp³-hybridized carbons (Fsp3) is 0.0769. The fourth-order valence-corrected chi connectivity index (χ4v) is 1.94. The Morgan fingerprint density at radius 3 is 2.70 bits per heavy atom. The number of benzene rings is 2. The van der Waals surface area contributed by atoms with Crippen LogP contribution >= 0.6 is 11.6 Å². The number of hydrogen-bond acceptors (Lipinski definition) is 4. The molecule has 7 heteroatoms. The Balaban J connectivity index is 2.38. The zero-order chi connectivity index (χ0) is 14.7. The van der Waals surface area contributed by atoms with Gasteiger partial charge in [0.05, 0.1) is 12.0 Å². The molecular weight excluding hydrogens is 287 g/mol. The molecule has 0 saturated carbocycles. The molecule has 104 valence electrons. The first-order chi connectivity index (χ1) is 9.52. The van der Waals surface area contributed by atoms with Gasteiger partial charge in [-0.2, -0.15) is 0 Å². The molecule has 0 atom stereocenters. The normalized spacial score (nSPS) is 10.2. The number of ether oxygens (including phenoxy) is 1. The Kier molecular flexibility index (Phi) is 4.05. The molecule has 0 radical (unpaired) electrons. The van der Waals surface area contributed by atoms with E-state index < -0.39 is 10.7 Å². The van der Waals surface area contributed by atoms with Gasteiger partial charge in [-0.3, -0.25) is 10.1 Å². The standard InChI is InChI=1S/C13H10ClFN2O3/c1-20-12-6-5-8(7-10(12)15)16-11-4-2-3-9(14)13(11)17(18)19/h2-7,16H,1H3. The van der Waals surface area contributed by atoms with Crippen molar-refractivity contribution in [2.45, 2.75) is 0 Å². The van der Waals surface area contributed by atoms with Crippen LogP contribution in [0.15, 0.2) is 36.4 Å². The lowest BCUT2D eigenvalue weighted by Crippen LogP contribution is -1.98. The molecule has 0 aliphatic rings. The minimum atomic E-state index is -0.593. The minimum Gasteiger partial charge on any atom is -0.494 e. The molecule has 0 unspecified atom stereocenters. The number of nitrogens with one attached hydrogen (secondary N) is 1. The Bertz CT molecular complexity index is 664. The van der Waals surface area contributed by atoms with E-state index in [1.165, 1.54) is 31.4 Å². The summed E-state index contributed by atoms with van der Waals surface area (Å²) >= 11 is 5.79. The van der Waals surface area contributed by atoms with E-state index in [9.17, 15) is 14.5 Å². The van der Waals surface area contributed by atoms with E-state index >= 15 is 0 Å². The quantitative estimate of drug-likeness (QED) is 0.680. The van der Waals surface area contributed by atoms with E-state index in [2.05, 4.69) is 5.32 Å². The van der Waals surface area contributed by atoms with Gasteiger partial charge in [-0.05, 0) is 24.3 Å². The van der Waals surface area contributed by atoms with Crippen molar-refractivity contribution in [2.75, 3.05) is 12.4 Å². The number of para-hydroxylation sites is 1. The van der Waals surface area contributed by atoms with Crippen molar-refractivity contribution in [2.24, 2.45) is 0 Å². The van der Waals surface area contributed by atoms with Gasteiger partial charge in [-0.25, -0.2) is 4.39 Å². The predicted octanol–water partition coefficient (Wildman–Crippen LogP) is 4.14. The largest absolute Gasteiger partial charge is 0.494 e. The molecule has 5 nitrogen and oxygen atoms in total. The highest BCUT2D eigenvalue weighted by molar-refractivity contribution is 6.33. The molecule has 0 amide bonds. The number of nitro benzene ring substituents is 1. The van der Waals surface area contributed by atoms with Gasteiger partial charge < -0.3 is 10.1 Å². The van der Waals surface area contributed by atoms with Crippen LogP contribution in [0.4, 0.5) is 21.5 Å². The van der Waals surface area contributed by atoms with E-state index in [0.29, 0.717) is 5.69 Å². The number of methoxy groups -OCH3 is 1. The molecule has 2 rings (SSSR count). The topological polar surface area (TPSA) is 64.4 Å².